The van der Waals surface area contributed by atoms with Gasteiger partial charge in [-0.1, -0.05) is 0 Å². The molecule has 7 nitrogen and oxygen atoms in total. The van der Waals surface area contributed by atoms with E-state index in [1.807, 2.05) is 0 Å². The number of benzene rings is 1. The number of carbonyl (C=O) groups excluding carboxylic acids is 1. The van der Waals surface area contributed by atoms with Crippen molar-refractivity contribution in [2.75, 3.05) is 17.8 Å². The average Bonchev–Trinajstić information content (AvgIpc) is 3.01. The van der Waals surface area contributed by atoms with Crippen molar-refractivity contribution in [1.29, 1.82) is 0 Å². The molecule has 1 saturated heterocycles. The number of nitrogens with two attached hydrogens (primary N) is 1. The first kappa shape index (κ1) is 16.4. The van der Waals surface area contributed by atoms with Gasteiger partial charge in [-0.3, -0.25) is 14.5 Å². The van der Waals surface area contributed by atoms with Crippen molar-refractivity contribution in [2.24, 2.45) is 5.73 Å². The minimum atomic E-state index is -3.71. The summed E-state index contributed by atoms with van der Waals surface area (Å²) in [4.78, 5) is 18.0. The van der Waals surface area contributed by atoms with E-state index in [0.717, 1.165) is 6.42 Å². The molecule has 0 unspecified atom stereocenters. The number of carbonyl (C=O) groups is 1. The molecule has 1 fully saturated rings. The van der Waals surface area contributed by atoms with Crippen LogP contribution in [0.4, 0.5) is 5.69 Å². The lowest BCUT2D eigenvalue weighted by Crippen LogP contribution is -2.31. The van der Waals surface area contributed by atoms with Crippen molar-refractivity contribution in [2.45, 2.75) is 17.4 Å². The Kier molecular flexibility index (Phi) is 4.50. The first-order chi connectivity index (χ1) is 11.5. The zero-order valence-electron chi connectivity index (χ0n) is 12.9. The fraction of sp³-hybridized carbons (Fsp3) is 0.250. The molecule has 8 heteroatoms. The second-order valence-electron chi connectivity index (χ2n) is 5.67. The Labute approximate surface area is 140 Å². The lowest BCUT2D eigenvalue weighted by Gasteiger charge is -2.16. The number of rotatable bonds is 4. The smallest absolute Gasteiger partial charge is 0.261 e. The van der Waals surface area contributed by atoms with E-state index >= 15 is 0 Å². The van der Waals surface area contributed by atoms with Gasteiger partial charge in [0.1, 0.15) is 0 Å². The number of hydrogen-bond acceptors (Lipinski definition) is 5. The van der Waals surface area contributed by atoms with Crippen LogP contribution in [0.5, 0.6) is 0 Å². The molecule has 24 heavy (non-hydrogen) atoms. The van der Waals surface area contributed by atoms with E-state index in [4.69, 9.17) is 5.73 Å². The number of amides is 1. The number of hydrogen-bond donors (Lipinski definition) is 2. The average molecular weight is 346 g/mol. The van der Waals surface area contributed by atoms with Crippen LogP contribution < -0.4 is 10.5 Å². The van der Waals surface area contributed by atoms with Crippen molar-refractivity contribution < 1.29 is 13.2 Å². The maximum absolute atomic E-state index is 12.3. The minimum absolute atomic E-state index is 0.0122. The molecule has 0 saturated carbocycles. The third-order valence-electron chi connectivity index (χ3n) is 3.86. The molecule has 126 valence electrons. The first-order valence-electron chi connectivity index (χ1n) is 7.53. The van der Waals surface area contributed by atoms with Gasteiger partial charge < -0.3 is 10.6 Å². The summed E-state index contributed by atoms with van der Waals surface area (Å²) in [5, 5.41) is 0. The predicted molar refractivity (Wildman–Crippen MR) is 90.0 cm³/mol. The first-order valence-corrected chi connectivity index (χ1v) is 9.02. The van der Waals surface area contributed by atoms with Gasteiger partial charge in [0.05, 0.1) is 10.6 Å². The zero-order chi connectivity index (χ0) is 17.2. The fourth-order valence-corrected chi connectivity index (χ4v) is 3.62. The van der Waals surface area contributed by atoms with E-state index in [-0.39, 0.29) is 16.8 Å². The summed E-state index contributed by atoms with van der Waals surface area (Å²) in [5.74, 6) is -0.131. The Bertz CT molecular complexity index is 822. The quantitative estimate of drug-likeness (QED) is 0.861. The highest BCUT2D eigenvalue weighted by atomic mass is 32.2. The number of nitrogens with zero attached hydrogens (tertiary/aromatic N) is 2. The highest BCUT2D eigenvalue weighted by Crippen LogP contribution is 2.18. The molecule has 1 aromatic heterocycles. The van der Waals surface area contributed by atoms with Crippen LogP contribution in [0, 0.1) is 0 Å². The van der Waals surface area contributed by atoms with Gasteiger partial charge in [0.15, 0.2) is 0 Å². The molecule has 1 atom stereocenters. The predicted octanol–water partition coefficient (Wildman–Crippen LogP) is 1.06. The van der Waals surface area contributed by atoms with Crippen LogP contribution in [0.1, 0.15) is 16.8 Å². The molecule has 2 heterocycles. The molecular formula is C16H18N4O3S. The normalized spacial score (nSPS) is 17.7. The molecule has 0 bridgehead atoms. The van der Waals surface area contributed by atoms with Crippen LogP contribution in [0.3, 0.4) is 0 Å². The molecule has 1 amide bonds. The highest BCUT2D eigenvalue weighted by molar-refractivity contribution is 7.92. The maximum atomic E-state index is 12.3. The summed E-state index contributed by atoms with van der Waals surface area (Å²) in [7, 11) is -3.71. The fourth-order valence-electron chi connectivity index (χ4n) is 2.57. The van der Waals surface area contributed by atoms with E-state index < -0.39 is 10.0 Å². The van der Waals surface area contributed by atoms with E-state index in [2.05, 4.69) is 9.71 Å². The zero-order valence-corrected chi connectivity index (χ0v) is 13.7. The minimum Gasteiger partial charge on any atom is -0.337 e. The maximum Gasteiger partial charge on any atom is 0.261 e. The lowest BCUT2D eigenvalue weighted by atomic mass is 10.2. The summed E-state index contributed by atoms with van der Waals surface area (Å²) < 4.78 is 27.1. The van der Waals surface area contributed by atoms with Crippen molar-refractivity contribution in [1.82, 2.24) is 9.88 Å². The number of anilines is 1. The van der Waals surface area contributed by atoms with Gasteiger partial charge in [0, 0.05) is 37.1 Å². The molecule has 1 aliphatic rings. The topological polar surface area (TPSA) is 105 Å². The second kappa shape index (κ2) is 6.58. The summed E-state index contributed by atoms with van der Waals surface area (Å²) in [6.45, 7) is 1.16. The number of aromatic nitrogens is 1. The Morgan fingerprint density at radius 2 is 1.83 bits per heavy atom. The van der Waals surface area contributed by atoms with E-state index in [0.29, 0.717) is 24.3 Å². The summed E-state index contributed by atoms with van der Waals surface area (Å²) in [5.41, 5.74) is 6.69. The van der Waals surface area contributed by atoms with Crippen LogP contribution in [0.15, 0.2) is 53.7 Å². The molecule has 2 aromatic rings. The van der Waals surface area contributed by atoms with Gasteiger partial charge >= 0.3 is 0 Å². The molecular weight excluding hydrogens is 328 g/mol. The standard InChI is InChI=1S/C16H18N4O3S/c17-13-7-10-20(11-13)16(21)12-1-3-15(4-2-12)24(22,23)19-14-5-8-18-9-6-14/h1-6,8-9,13H,7,10-11,17H2,(H,18,19)/t13-/m1/s1. The van der Waals surface area contributed by atoms with Crippen molar-refractivity contribution >= 4 is 21.6 Å². The summed E-state index contributed by atoms with van der Waals surface area (Å²) in [6.07, 6.45) is 3.79. The van der Waals surface area contributed by atoms with Gasteiger partial charge in [-0.25, -0.2) is 8.42 Å². The molecule has 0 spiro atoms. The Morgan fingerprint density at radius 3 is 2.42 bits per heavy atom. The van der Waals surface area contributed by atoms with E-state index in [1.54, 1.807) is 17.0 Å². The highest BCUT2D eigenvalue weighted by Gasteiger charge is 2.25. The van der Waals surface area contributed by atoms with Crippen molar-refractivity contribution in [3.8, 4) is 0 Å². The second-order valence-corrected chi connectivity index (χ2v) is 7.35. The lowest BCUT2D eigenvalue weighted by molar-refractivity contribution is 0.0791. The summed E-state index contributed by atoms with van der Waals surface area (Å²) >= 11 is 0. The molecule has 3 rings (SSSR count). The van der Waals surface area contributed by atoms with Gasteiger partial charge in [0.2, 0.25) is 0 Å². The molecule has 0 radical (unpaired) electrons. The van der Waals surface area contributed by atoms with Gasteiger partial charge in [-0.15, -0.1) is 0 Å². The Balaban J connectivity index is 1.75. The van der Waals surface area contributed by atoms with Gasteiger partial charge in [0.25, 0.3) is 15.9 Å². The van der Waals surface area contributed by atoms with Crippen molar-refractivity contribution in [3.05, 3.63) is 54.4 Å². The molecule has 1 aromatic carbocycles. The van der Waals surface area contributed by atoms with Gasteiger partial charge in [-0.2, -0.15) is 0 Å². The molecule has 0 aliphatic carbocycles. The number of pyridine rings is 1. The van der Waals surface area contributed by atoms with Crippen LogP contribution in [-0.2, 0) is 10.0 Å². The van der Waals surface area contributed by atoms with Crippen LogP contribution in [0.2, 0.25) is 0 Å². The number of nitrogens with one attached hydrogen (secondary N) is 1. The molecule has 1 aliphatic heterocycles. The Morgan fingerprint density at radius 1 is 1.17 bits per heavy atom. The van der Waals surface area contributed by atoms with Gasteiger partial charge in [-0.05, 0) is 42.8 Å². The summed E-state index contributed by atoms with van der Waals surface area (Å²) in [6, 6.07) is 9.02. The largest absolute Gasteiger partial charge is 0.337 e. The monoisotopic (exact) mass is 346 g/mol. The Hall–Kier alpha value is -2.45. The van der Waals surface area contributed by atoms with Crippen LogP contribution >= 0.6 is 0 Å². The SMILES string of the molecule is N[C@@H]1CCN(C(=O)c2ccc(S(=O)(=O)Nc3ccncc3)cc2)C1. The number of sulfonamides is 1. The van der Waals surface area contributed by atoms with Crippen LogP contribution in [-0.4, -0.2) is 43.3 Å². The third-order valence-corrected chi connectivity index (χ3v) is 5.25. The molecule has 3 N–H and O–H groups in total. The third kappa shape index (κ3) is 3.55. The number of likely N-dealkylation sites (tertiary alicyclic amines) is 1. The van der Waals surface area contributed by atoms with Crippen LogP contribution in [0.25, 0.3) is 0 Å². The van der Waals surface area contributed by atoms with Crippen molar-refractivity contribution in [3.63, 3.8) is 0 Å². The van der Waals surface area contributed by atoms with E-state index in [9.17, 15) is 13.2 Å². The van der Waals surface area contributed by atoms with E-state index in [1.165, 1.54) is 36.7 Å².